The maximum absolute atomic E-state index is 5.70. The van der Waals surface area contributed by atoms with Crippen molar-refractivity contribution in [3.8, 4) is 5.75 Å². The van der Waals surface area contributed by atoms with Gasteiger partial charge in [-0.1, -0.05) is 24.4 Å². The summed E-state index contributed by atoms with van der Waals surface area (Å²) in [5.41, 5.74) is 6.41. The van der Waals surface area contributed by atoms with Crippen molar-refractivity contribution in [1.29, 1.82) is 0 Å². The van der Waals surface area contributed by atoms with Crippen molar-refractivity contribution >= 4 is 17.2 Å². The van der Waals surface area contributed by atoms with Crippen molar-refractivity contribution in [2.24, 2.45) is 5.73 Å². The maximum atomic E-state index is 5.70. The number of nitrogens with two attached hydrogens (primary N) is 1. The summed E-state index contributed by atoms with van der Waals surface area (Å²) >= 11 is 4.94. The molecule has 5 heteroatoms. The van der Waals surface area contributed by atoms with Gasteiger partial charge in [0.1, 0.15) is 23.1 Å². The fourth-order valence-corrected chi connectivity index (χ4v) is 1.93. The van der Waals surface area contributed by atoms with E-state index in [0.717, 1.165) is 30.2 Å². The molecule has 2 rings (SSSR count). The van der Waals surface area contributed by atoms with Gasteiger partial charge in [0.15, 0.2) is 0 Å². The average Bonchev–Trinajstić information content (AvgIpc) is 2.92. The number of ether oxygens (including phenoxy) is 1. The molecule has 20 heavy (non-hydrogen) atoms. The molecule has 106 valence electrons. The number of hydrogen-bond donors (Lipinski definition) is 1. The van der Waals surface area contributed by atoms with Crippen LogP contribution in [0.2, 0.25) is 0 Å². The first-order chi connectivity index (χ1) is 9.65. The molecule has 0 saturated heterocycles. The highest BCUT2D eigenvalue weighted by Gasteiger charge is 2.03. The Bertz CT molecular complexity index is 555. The van der Waals surface area contributed by atoms with E-state index in [-0.39, 0.29) is 0 Å². The van der Waals surface area contributed by atoms with Crippen LogP contribution in [0.5, 0.6) is 5.75 Å². The van der Waals surface area contributed by atoms with E-state index in [2.05, 4.69) is 4.90 Å². The van der Waals surface area contributed by atoms with Crippen LogP contribution < -0.4 is 10.5 Å². The number of thiocarbonyl (C=S) groups is 1. The molecule has 0 spiro atoms. The van der Waals surface area contributed by atoms with Gasteiger partial charge in [0.2, 0.25) is 0 Å². The minimum Gasteiger partial charge on any atom is -0.492 e. The lowest BCUT2D eigenvalue weighted by molar-refractivity contribution is 0.222. The van der Waals surface area contributed by atoms with E-state index in [9.17, 15) is 0 Å². The van der Waals surface area contributed by atoms with Gasteiger partial charge >= 0.3 is 0 Å². The van der Waals surface area contributed by atoms with Gasteiger partial charge in [0, 0.05) is 12.1 Å². The maximum Gasteiger partial charge on any atom is 0.120 e. The SMILES string of the molecule is CN(CCOc1cccc(C(N)=S)c1)Cc1ccco1. The fourth-order valence-electron chi connectivity index (χ4n) is 1.81. The molecule has 4 nitrogen and oxygen atoms in total. The van der Waals surface area contributed by atoms with E-state index >= 15 is 0 Å². The molecule has 0 bridgehead atoms. The molecule has 0 fully saturated rings. The Labute approximate surface area is 124 Å². The number of likely N-dealkylation sites (N-methyl/N-ethyl adjacent to an activating group) is 1. The second-order valence-corrected chi connectivity index (χ2v) is 5.00. The van der Waals surface area contributed by atoms with Crippen LogP contribution >= 0.6 is 12.2 Å². The second kappa shape index (κ2) is 7.07. The van der Waals surface area contributed by atoms with Gasteiger partial charge in [-0.3, -0.25) is 4.90 Å². The summed E-state index contributed by atoms with van der Waals surface area (Å²) in [5, 5.41) is 0. The Morgan fingerprint density at radius 2 is 2.20 bits per heavy atom. The quantitative estimate of drug-likeness (QED) is 0.794. The van der Waals surface area contributed by atoms with Crippen molar-refractivity contribution in [3.63, 3.8) is 0 Å². The van der Waals surface area contributed by atoms with Crippen molar-refractivity contribution in [2.45, 2.75) is 6.54 Å². The van der Waals surface area contributed by atoms with Gasteiger partial charge < -0.3 is 14.9 Å². The normalized spacial score (nSPS) is 10.7. The second-order valence-electron chi connectivity index (χ2n) is 4.56. The molecule has 2 aromatic rings. The van der Waals surface area contributed by atoms with Gasteiger partial charge in [0.05, 0.1) is 12.8 Å². The highest BCUT2D eigenvalue weighted by atomic mass is 32.1. The van der Waals surface area contributed by atoms with Crippen LogP contribution in [-0.4, -0.2) is 30.1 Å². The molecular formula is C15H18N2O2S. The first-order valence-corrected chi connectivity index (χ1v) is 6.79. The van der Waals surface area contributed by atoms with Crippen molar-refractivity contribution < 1.29 is 9.15 Å². The number of rotatable bonds is 7. The molecule has 0 aliphatic heterocycles. The average molecular weight is 290 g/mol. The molecule has 2 N–H and O–H groups in total. The zero-order valence-electron chi connectivity index (χ0n) is 11.4. The Morgan fingerprint density at radius 3 is 2.90 bits per heavy atom. The minimum atomic E-state index is 0.380. The largest absolute Gasteiger partial charge is 0.492 e. The molecule has 1 aromatic heterocycles. The van der Waals surface area contributed by atoms with E-state index in [1.165, 1.54) is 0 Å². The number of hydrogen-bond acceptors (Lipinski definition) is 4. The fraction of sp³-hybridized carbons (Fsp3) is 0.267. The Kier molecular flexibility index (Phi) is 5.15. The van der Waals surface area contributed by atoms with Gasteiger partial charge in [-0.2, -0.15) is 0 Å². The van der Waals surface area contributed by atoms with Crippen LogP contribution in [0.3, 0.4) is 0 Å². The third kappa shape index (κ3) is 4.36. The molecule has 1 heterocycles. The Morgan fingerprint density at radius 1 is 1.35 bits per heavy atom. The summed E-state index contributed by atoms with van der Waals surface area (Å²) in [7, 11) is 2.03. The van der Waals surface area contributed by atoms with Crippen molar-refractivity contribution in [2.75, 3.05) is 20.2 Å². The zero-order valence-corrected chi connectivity index (χ0v) is 12.2. The lowest BCUT2D eigenvalue weighted by atomic mass is 10.2. The smallest absolute Gasteiger partial charge is 0.120 e. The molecule has 1 aromatic carbocycles. The minimum absolute atomic E-state index is 0.380. The lowest BCUT2D eigenvalue weighted by Crippen LogP contribution is -2.23. The van der Waals surface area contributed by atoms with E-state index in [4.69, 9.17) is 27.1 Å². The molecule has 0 amide bonds. The van der Waals surface area contributed by atoms with Crippen LogP contribution in [0.25, 0.3) is 0 Å². The van der Waals surface area contributed by atoms with E-state index in [1.807, 2.05) is 43.4 Å². The first-order valence-electron chi connectivity index (χ1n) is 6.39. The third-order valence-corrected chi connectivity index (χ3v) is 3.10. The van der Waals surface area contributed by atoms with Crippen LogP contribution in [0, 0.1) is 0 Å². The summed E-state index contributed by atoms with van der Waals surface area (Å²) < 4.78 is 11.0. The molecule has 0 aliphatic carbocycles. The molecule has 0 radical (unpaired) electrons. The highest BCUT2D eigenvalue weighted by Crippen LogP contribution is 2.13. The van der Waals surface area contributed by atoms with Gasteiger partial charge in [0.25, 0.3) is 0 Å². The lowest BCUT2D eigenvalue weighted by Gasteiger charge is -2.15. The Hall–Kier alpha value is -1.85. The van der Waals surface area contributed by atoms with E-state index in [1.54, 1.807) is 6.26 Å². The first kappa shape index (κ1) is 14.6. The number of benzene rings is 1. The Balaban J connectivity index is 1.78. The molecule has 0 aliphatic rings. The molecular weight excluding hydrogens is 272 g/mol. The summed E-state index contributed by atoms with van der Waals surface area (Å²) in [6.45, 7) is 2.17. The molecule has 0 saturated carbocycles. The summed E-state index contributed by atoms with van der Waals surface area (Å²) in [5.74, 6) is 1.73. The van der Waals surface area contributed by atoms with Gasteiger partial charge in [-0.25, -0.2) is 0 Å². The predicted molar refractivity (Wildman–Crippen MR) is 82.9 cm³/mol. The summed E-state index contributed by atoms with van der Waals surface area (Å²) in [6, 6.07) is 11.4. The monoisotopic (exact) mass is 290 g/mol. The third-order valence-electron chi connectivity index (χ3n) is 2.87. The van der Waals surface area contributed by atoms with E-state index < -0.39 is 0 Å². The number of furan rings is 1. The zero-order chi connectivity index (χ0) is 14.4. The summed E-state index contributed by atoms with van der Waals surface area (Å²) in [4.78, 5) is 2.52. The molecule has 0 unspecified atom stereocenters. The molecule has 0 atom stereocenters. The standard InChI is InChI=1S/C15H18N2O2S/c1-17(11-14-6-3-8-18-14)7-9-19-13-5-2-4-12(10-13)15(16)20/h2-6,8,10H,7,9,11H2,1H3,(H2,16,20). The predicted octanol–water partition coefficient (Wildman–Crippen LogP) is 2.42. The van der Waals surface area contributed by atoms with E-state index in [0.29, 0.717) is 11.6 Å². The summed E-state index contributed by atoms with van der Waals surface area (Å²) in [6.07, 6.45) is 1.68. The highest BCUT2D eigenvalue weighted by molar-refractivity contribution is 7.80. The van der Waals surface area contributed by atoms with Gasteiger partial charge in [-0.05, 0) is 31.3 Å². The van der Waals surface area contributed by atoms with Crippen molar-refractivity contribution in [1.82, 2.24) is 4.90 Å². The van der Waals surface area contributed by atoms with Crippen LogP contribution in [0.4, 0.5) is 0 Å². The van der Waals surface area contributed by atoms with Crippen molar-refractivity contribution in [3.05, 3.63) is 54.0 Å². The topological polar surface area (TPSA) is 51.6 Å². The van der Waals surface area contributed by atoms with Crippen LogP contribution in [-0.2, 0) is 6.54 Å². The van der Waals surface area contributed by atoms with Crippen LogP contribution in [0.1, 0.15) is 11.3 Å². The number of nitrogens with zero attached hydrogens (tertiary/aromatic N) is 1. The van der Waals surface area contributed by atoms with Crippen LogP contribution in [0.15, 0.2) is 47.1 Å². The van der Waals surface area contributed by atoms with Gasteiger partial charge in [-0.15, -0.1) is 0 Å².